The van der Waals surface area contributed by atoms with Crippen molar-refractivity contribution >= 4 is 11.7 Å². The third-order valence-corrected chi connectivity index (χ3v) is 3.46. The second-order valence-electron chi connectivity index (χ2n) is 4.89. The molecule has 4 nitrogen and oxygen atoms in total. The van der Waals surface area contributed by atoms with Gasteiger partial charge < -0.3 is 14.4 Å². The zero-order chi connectivity index (χ0) is 13.7. The maximum Gasteiger partial charge on any atom is 0.308 e. The standard InChI is InChI=1S/C15H21NO3/c1-12(15(17)18-2)11-13-3-5-14(6-4-13)16-7-9-19-10-8-16/h3-6,12H,7-11H2,1-2H3. The number of methoxy groups -OCH3 is 1. The Kier molecular flexibility index (Phi) is 4.80. The Morgan fingerprint density at radius 3 is 2.53 bits per heavy atom. The first-order valence-corrected chi connectivity index (χ1v) is 6.70. The van der Waals surface area contributed by atoms with Gasteiger partial charge in [0, 0.05) is 18.8 Å². The van der Waals surface area contributed by atoms with Gasteiger partial charge in [0.1, 0.15) is 0 Å². The number of rotatable bonds is 4. The van der Waals surface area contributed by atoms with Gasteiger partial charge in [-0.15, -0.1) is 0 Å². The minimum Gasteiger partial charge on any atom is -0.469 e. The molecule has 1 aliphatic heterocycles. The summed E-state index contributed by atoms with van der Waals surface area (Å²) < 4.78 is 10.1. The van der Waals surface area contributed by atoms with Crippen molar-refractivity contribution in [3.63, 3.8) is 0 Å². The first-order valence-electron chi connectivity index (χ1n) is 6.70. The Morgan fingerprint density at radius 1 is 1.32 bits per heavy atom. The van der Waals surface area contributed by atoms with Gasteiger partial charge in [-0.3, -0.25) is 4.79 Å². The summed E-state index contributed by atoms with van der Waals surface area (Å²) in [4.78, 5) is 13.7. The van der Waals surface area contributed by atoms with Gasteiger partial charge in [0.05, 0.1) is 26.2 Å². The lowest BCUT2D eigenvalue weighted by Crippen LogP contribution is -2.36. The molecule has 1 saturated heterocycles. The number of hydrogen-bond donors (Lipinski definition) is 0. The van der Waals surface area contributed by atoms with Gasteiger partial charge in [-0.2, -0.15) is 0 Å². The Labute approximate surface area is 114 Å². The first kappa shape index (κ1) is 13.9. The van der Waals surface area contributed by atoms with E-state index in [0.717, 1.165) is 38.3 Å². The minimum atomic E-state index is -0.155. The predicted octanol–water partition coefficient (Wildman–Crippen LogP) is 1.87. The van der Waals surface area contributed by atoms with Gasteiger partial charge >= 0.3 is 5.97 Å². The molecule has 19 heavy (non-hydrogen) atoms. The molecule has 0 radical (unpaired) electrons. The highest BCUT2D eigenvalue weighted by atomic mass is 16.5. The Balaban J connectivity index is 1.96. The van der Waals surface area contributed by atoms with Crippen molar-refractivity contribution in [1.82, 2.24) is 0 Å². The molecule has 0 aliphatic carbocycles. The quantitative estimate of drug-likeness (QED) is 0.777. The van der Waals surface area contributed by atoms with Crippen LogP contribution < -0.4 is 4.90 Å². The Bertz CT molecular complexity index is 410. The topological polar surface area (TPSA) is 38.8 Å². The van der Waals surface area contributed by atoms with E-state index >= 15 is 0 Å². The molecule has 0 aromatic heterocycles. The number of esters is 1. The number of carbonyl (C=O) groups excluding carboxylic acids is 1. The molecule has 0 amide bonds. The third kappa shape index (κ3) is 3.70. The zero-order valence-corrected chi connectivity index (χ0v) is 11.6. The Morgan fingerprint density at radius 2 is 1.95 bits per heavy atom. The largest absolute Gasteiger partial charge is 0.469 e. The van der Waals surface area contributed by atoms with Crippen molar-refractivity contribution in [2.75, 3.05) is 38.3 Å². The van der Waals surface area contributed by atoms with Crippen LogP contribution in [0.5, 0.6) is 0 Å². The molecule has 0 N–H and O–H groups in total. The smallest absolute Gasteiger partial charge is 0.308 e. The highest BCUT2D eigenvalue weighted by Gasteiger charge is 2.14. The molecule has 1 aromatic carbocycles. The van der Waals surface area contributed by atoms with Gasteiger partial charge in [-0.1, -0.05) is 19.1 Å². The van der Waals surface area contributed by atoms with E-state index in [1.807, 2.05) is 6.92 Å². The molecule has 1 unspecified atom stereocenters. The fraction of sp³-hybridized carbons (Fsp3) is 0.533. The molecule has 0 bridgehead atoms. The van der Waals surface area contributed by atoms with Crippen LogP contribution in [-0.4, -0.2) is 39.4 Å². The van der Waals surface area contributed by atoms with E-state index < -0.39 is 0 Å². The van der Waals surface area contributed by atoms with Crippen LogP contribution in [0.1, 0.15) is 12.5 Å². The number of carbonyl (C=O) groups is 1. The number of nitrogens with zero attached hydrogens (tertiary/aromatic N) is 1. The third-order valence-electron chi connectivity index (χ3n) is 3.46. The zero-order valence-electron chi connectivity index (χ0n) is 11.6. The normalized spacial score (nSPS) is 17.1. The maximum atomic E-state index is 11.4. The average Bonchev–Trinajstić information content (AvgIpc) is 2.48. The van der Waals surface area contributed by atoms with Gasteiger partial charge in [-0.25, -0.2) is 0 Å². The molecule has 1 fully saturated rings. The summed E-state index contributed by atoms with van der Waals surface area (Å²) >= 11 is 0. The number of morpholine rings is 1. The second-order valence-corrected chi connectivity index (χ2v) is 4.89. The number of ether oxygens (including phenoxy) is 2. The molecule has 104 valence electrons. The Hall–Kier alpha value is -1.55. The highest BCUT2D eigenvalue weighted by molar-refractivity contribution is 5.72. The molecule has 2 rings (SSSR count). The molecule has 1 atom stereocenters. The second kappa shape index (κ2) is 6.57. The molecule has 1 heterocycles. The van der Waals surface area contributed by atoms with Crippen molar-refractivity contribution < 1.29 is 14.3 Å². The summed E-state index contributed by atoms with van der Waals surface area (Å²) in [7, 11) is 1.43. The predicted molar refractivity (Wildman–Crippen MR) is 74.4 cm³/mol. The lowest BCUT2D eigenvalue weighted by Gasteiger charge is -2.29. The van der Waals surface area contributed by atoms with E-state index in [9.17, 15) is 4.79 Å². The van der Waals surface area contributed by atoms with Crippen LogP contribution in [0.15, 0.2) is 24.3 Å². The van der Waals surface area contributed by atoms with E-state index in [1.54, 1.807) is 0 Å². The number of benzene rings is 1. The number of anilines is 1. The van der Waals surface area contributed by atoms with Crippen molar-refractivity contribution in [3.8, 4) is 0 Å². The van der Waals surface area contributed by atoms with Gasteiger partial charge in [0.2, 0.25) is 0 Å². The molecular formula is C15H21NO3. The van der Waals surface area contributed by atoms with Crippen LogP contribution in [-0.2, 0) is 20.7 Å². The fourth-order valence-electron chi connectivity index (χ4n) is 2.30. The molecule has 0 spiro atoms. The summed E-state index contributed by atoms with van der Waals surface area (Å²) in [5.41, 5.74) is 2.38. The molecule has 0 saturated carbocycles. The summed E-state index contributed by atoms with van der Waals surface area (Å²) in [6.07, 6.45) is 0.718. The molecular weight excluding hydrogens is 242 g/mol. The minimum absolute atomic E-state index is 0.0979. The summed E-state index contributed by atoms with van der Waals surface area (Å²) in [6.45, 7) is 5.36. The van der Waals surface area contributed by atoms with Crippen molar-refractivity contribution in [3.05, 3.63) is 29.8 Å². The molecule has 1 aromatic rings. The molecule has 4 heteroatoms. The van der Waals surface area contributed by atoms with Crippen LogP contribution in [0.2, 0.25) is 0 Å². The monoisotopic (exact) mass is 263 g/mol. The van der Waals surface area contributed by atoms with E-state index in [1.165, 1.54) is 12.8 Å². The lowest BCUT2D eigenvalue weighted by molar-refractivity contribution is -0.144. The number of hydrogen-bond acceptors (Lipinski definition) is 4. The highest BCUT2D eigenvalue weighted by Crippen LogP contribution is 2.18. The fourth-order valence-corrected chi connectivity index (χ4v) is 2.30. The van der Waals surface area contributed by atoms with Gasteiger partial charge in [0.25, 0.3) is 0 Å². The van der Waals surface area contributed by atoms with Crippen LogP contribution in [0, 0.1) is 5.92 Å². The van der Waals surface area contributed by atoms with Gasteiger partial charge in [0.15, 0.2) is 0 Å². The van der Waals surface area contributed by atoms with Crippen LogP contribution in [0.25, 0.3) is 0 Å². The van der Waals surface area contributed by atoms with Crippen molar-refractivity contribution in [2.24, 2.45) is 5.92 Å². The van der Waals surface area contributed by atoms with Crippen LogP contribution in [0.3, 0.4) is 0 Å². The summed E-state index contributed by atoms with van der Waals surface area (Å²) in [5, 5.41) is 0. The van der Waals surface area contributed by atoms with E-state index in [0.29, 0.717) is 0 Å². The summed E-state index contributed by atoms with van der Waals surface area (Å²) in [6, 6.07) is 8.41. The SMILES string of the molecule is COC(=O)C(C)Cc1ccc(N2CCOCC2)cc1. The van der Waals surface area contributed by atoms with E-state index in [-0.39, 0.29) is 11.9 Å². The molecule has 1 aliphatic rings. The van der Waals surface area contributed by atoms with E-state index in [4.69, 9.17) is 9.47 Å². The van der Waals surface area contributed by atoms with Crippen molar-refractivity contribution in [2.45, 2.75) is 13.3 Å². The van der Waals surface area contributed by atoms with Crippen LogP contribution in [0.4, 0.5) is 5.69 Å². The van der Waals surface area contributed by atoms with Crippen LogP contribution >= 0.6 is 0 Å². The lowest BCUT2D eigenvalue weighted by atomic mass is 10.0. The first-order chi connectivity index (χ1) is 9.20. The summed E-state index contributed by atoms with van der Waals surface area (Å²) in [5.74, 6) is -0.253. The van der Waals surface area contributed by atoms with E-state index in [2.05, 4.69) is 29.2 Å². The maximum absolute atomic E-state index is 11.4. The van der Waals surface area contributed by atoms with Gasteiger partial charge in [-0.05, 0) is 24.1 Å². The van der Waals surface area contributed by atoms with Crippen molar-refractivity contribution in [1.29, 1.82) is 0 Å². The average molecular weight is 263 g/mol.